The molecule has 0 saturated heterocycles. The van der Waals surface area contributed by atoms with Gasteiger partial charge in [-0.25, -0.2) is 14.1 Å². The van der Waals surface area contributed by atoms with Crippen LogP contribution in [0, 0.1) is 12.7 Å². The Bertz CT molecular complexity index is 788. The molecule has 8 heteroatoms. The largest absolute Gasteiger partial charge is 0.380 e. The SMILES string of the molecule is CN=C(NCc1ccc(F)c(COC)c1)NC1CCc2nc(C)nn2C1. The van der Waals surface area contributed by atoms with Gasteiger partial charge in [-0.1, -0.05) is 6.07 Å². The molecular formula is C18H25FN6O. The molecule has 1 aliphatic heterocycles. The molecule has 2 N–H and O–H groups in total. The zero-order valence-corrected chi connectivity index (χ0v) is 15.4. The first-order valence-corrected chi connectivity index (χ1v) is 8.72. The van der Waals surface area contributed by atoms with Crippen LogP contribution in [0.15, 0.2) is 23.2 Å². The second-order valence-corrected chi connectivity index (χ2v) is 6.42. The summed E-state index contributed by atoms with van der Waals surface area (Å²) in [4.78, 5) is 8.71. The number of fused-ring (bicyclic) bond motifs is 1. The van der Waals surface area contributed by atoms with E-state index in [4.69, 9.17) is 4.74 Å². The number of aryl methyl sites for hydroxylation is 2. The van der Waals surface area contributed by atoms with E-state index >= 15 is 0 Å². The quantitative estimate of drug-likeness (QED) is 0.625. The lowest BCUT2D eigenvalue weighted by Crippen LogP contribution is -2.46. The van der Waals surface area contributed by atoms with E-state index < -0.39 is 0 Å². The van der Waals surface area contributed by atoms with Crippen molar-refractivity contribution in [1.82, 2.24) is 25.4 Å². The first-order chi connectivity index (χ1) is 12.6. The van der Waals surface area contributed by atoms with Crippen molar-refractivity contribution in [3.8, 4) is 0 Å². The summed E-state index contributed by atoms with van der Waals surface area (Å²) in [6.07, 6.45) is 1.88. The number of nitrogens with one attached hydrogen (secondary N) is 2. The lowest BCUT2D eigenvalue weighted by atomic mass is 10.1. The molecule has 0 aliphatic carbocycles. The Balaban J connectivity index is 1.56. The molecule has 0 amide bonds. The van der Waals surface area contributed by atoms with Crippen LogP contribution in [-0.2, 0) is 30.9 Å². The van der Waals surface area contributed by atoms with E-state index in [0.717, 1.165) is 36.6 Å². The minimum Gasteiger partial charge on any atom is -0.380 e. The van der Waals surface area contributed by atoms with Gasteiger partial charge in [-0.2, -0.15) is 5.10 Å². The zero-order chi connectivity index (χ0) is 18.5. The summed E-state index contributed by atoms with van der Waals surface area (Å²) >= 11 is 0. The number of hydrogen-bond donors (Lipinski definition) is 2. The van der Waals surface area contributed by atoms with Crippen LogP contribution in [0.5, 0.6) is 0 Å². The number of rotatable bonds is 5. The van der Waals surface area contributed by atoms with Crippen LogP contribution in [0.25, 0.3) is 0 Å². The number of ether oxygens (including phenoxy) is 1. The topological polar surface area (TPSA) is 76.4 Å². The number of nitrogens with zero attached hydrogens (tertiary/aromatic N) is 4. The van der Waals surface area contributed by atoms with E-state index in [0.29, 0.717) is 18.1 Å². The van der Waals surface area contributed by atoms with Crippen molar-refractivity contribution in [3.05, 3.63) is 46.8 Å². The molecule has 0 spiro atoms. The lowest BCUT2D eigenvalue weighted by molar-refractivity contribution is 0.181. The molecule has 1 unspecified atom stereocenters. The summed E-state index contributed by atoms with van der Waals surface area (Å²) in [5, 5.41) is 11.1. The summed E-state index contributed by atoms with van der Waals surface area (Å²) in [5.41, 5.74) is 1.52. The predicted octanol–water partition coefficient (Wildman–Crippen LogP) is 1.55. The highest BCUT2D eigenvalue weighted by Gasteiger charge is 2.21. The summed E-state index contributed by atoms with van der Waals surface area (Å²) in [7, 11) is 3.30. The van der Waals surface area contributed by atoms with Gasteiger partial charge < -0.3 is 15.4 Å². The monoisotopic (exact) mass is 360 g/mol. The van der Waals surface area contributed by atoms with Gasteiger partial charge in [-0.05, 0) is 31.0 Å². The van der Waals surface area contributed by atoms with Crippen molar-refractivity contribution in [2.24, 2.45) is 4.99 Å². The van der Waals surface area contributed by atoms with Gasteiger partial charge in [0.15, 0.2) is 5.96 Å². The van der Waals surface area contributed by atoms with Gasteiger partial charge in [0, 0.05) is 38.7 Å². The molecule has 7 nitrogen and oxygen atoms in total. The fraction of sp³-hybridized carbons (Fsp3) is 0.500. The van der Waals surface area contributed by atoms with Crippen LogP contribution in [0.4, 0.5) is 4.39 Å². The number of halogens is 1. The molecule has 3 rings (SSSR count). The molecule has 0 radical (unpaired) electrons. The third kappa shape index (κ3) is 4.37. The van der Waals surface area contributed by atoms with Crippen LogP contribution in [0.3, 0.4) is 0 Å². The maximum atomic E-state index is 13.7. The van der Waals surface area contributed by atoms with Gasteiger partial charge in [0.05, 0.1) is 13.2 Å². The summed E-state index contributed by atoms with van der Waals surface area (Å²) in [6, 6.07) is 5.29. The first-order valence-electron chi connectivity index (χ1n) is 8.72. The van der Waals surface area contributed by atoms with Gasteiger partial charge in [0.2, 0.25) is 0 Å². The van der Waals surface area contributed by atoms with Crippen LogP contribution in [-0.4, -0.2) is 40.9 Å². The van der Waals surface area contributed by atoms with E-state index in [2.05, 4.69) is 25.7 Å². The van der Waals surface area contributed by atoms with Crippen LogP contribution in [0.2, 0.25) is 0 Å². The average Bonchev–Trinajstić information content (AvgIpc) is 3.00. The van der Waals surface area contributed by atoms with Crippen molar-refractivity contribution in [2.75, 3.05) is 14.2 Å². The Kier molecular flexibility index (Phi) is 5.82. The van der Waals surface area contributed by atoms with Gasteiger partial charge in [0.25, 0.3) is 0 Å². The third-order valence-electron chi connectivity index (χ3n) is 4.40. The molecule has 2 aromatic rings. The molecule has 0 saturated carbocycles. The molecule has 0 fully saturated rings. The molecule has 2 heterocycles. The molecule has 140 valence electrons. The number of aromatic nitrogens is 3. The number of guanidine groups is 1. The molecule has 1 aromatic carbocycles. The second kappa shape index (κ2) is 8.27. The van der Waals surface area contributed by atoms with Crippen LogP contribution >= 0.6 is 0 Å². The highest BCUT2D eigenvalue weighted by molar-refractivity contribution is 5.79. The standard InChI is InChI=1S/C18H25FN6O/c1-12-22-17-7-5-15(10-25(17)24-12)23-18(20-2)21-9-13-4-6-16(19)14(8-13)11-26-3/h4,6,8,15H,5,7,9-11H2,1-3H3,(H2,20,21,23). The Morgan fingerprint density at radius 3 is 3.08 bits per heavy atom. The highest BCUT2D eigenvalue weighted by Crippen LogP contribution is 2.13. The Labute approximate surface area is 152 Å². The average molecular weight is 360 g/mol. The van der Waals surface area contributed by atoms with Gasteiger partial charge >= 0.3 is 0 Å². The molecule has 1 aromatic heterocycles. The van der Waals surface area contributed by atoms with E-state index in [1.165, 1.54) is 6.07 Å². The molecular weight excluding hydrogens is 335 g/mol. The maximum absolute atomic E-state index is 13.7. The smallest absolute Gasteiger partial charge is 0.191 e. The Morgan fingerprint density at radius 2 is 2.31 bits per heavy atom. The van der Waals surface area contributed by atoms with Crippen molar-refractivity contribution in [3.63, 3.8) is 0 Å². The summed E-state index contributed by atoms with van der Waals surface area (Å²) in [5.74, 6) is 2.32. The summed E-state index contributed by atoms with van der Waals surface area (Å²) in [6.45, 7) is 3.49. The van der Waals surface area contributed by atoms with Gasteiger partial charge in [-0.3, -0.25) is 4.99 Å². The zero-order valence-electron chi connectivity index (χ0n) is 15.4. The molecule has 0 bridgehead atoms. The van der Waals surface area contributed by atoms with Crippen molar-refractivity contribution >= 4 is 5.96 Å². The fourth-order valence-corrected chi connectivity index (χ4v) is 3.13. The minimum atomic E-state index is -0.251. The van der Waals surface area contributed by atoms with Crippen molar-refractivity contribution in [1.29, 1.82) is 0 Å². The van der Waals surface area contributed by atoms with Crippen LogP contribution < -0.4 is 10.6 Å². The first kappa shape index (κ1) is 18.3. The number of benzene rings is 1. The fourth-order valence-electron chi connectivity index (χ4n) is 3.13. The highest BCUT2D eigenvalue weighted by atomic mass is 19.1. The predicted molar refractivity (Wildman–Crippen MR) is 97.3 cm³/mol. The minimum absolute atomic E-state index is 0.243. The van der Waals surface area contributed by atoms with Gasteiger partial charge in [0.1, 0.15) is 17.5 Å². The van der Waals surface area contributed by atoms with Crippen molar-refractivity contribution < 1.29 is 9.13 Å². The molecule has 26 heavy (non-hydrogen) atoms. The van der Waals surface area contributed by atoms with Crippen LogP contribution in [0.1, 0.15) is 29.2 Å². The van der Waals surface area contributed by atoms with E-state index in [9.17, 15) is 4.39 Å². The van der Waals surface area contributed by atoms with Gasteiger partial charge in [-0.15, -0.1) is 0 Å². The van der Waals surface area contributed by atoms with E-state index in [1.54, 1.807) is 20.2 Å². The number of aliphatic imine (C=N–C) groups is 1. The molecule has 1 aliphatic rings. The van der Waals surface area contributed by atoms with E-state index in [1.807, 2.05) is 17.7 Å². The van der Waals surface area contributed by atoms with Crippen molar-refractivity contribution in [2.45, 2.75) is 45.5 Å². The maximum Gasteiger partial charge on any atom is 0.191 e. The number of hydrogen-bond acceptors (Lipinski definition) is 4. The summed E-state index contributed by atoms with van der Waals surface area (Å²) < 4.78 is 20.7. The number of methoxy groups -OCH3 is 1. The third-order valence-corrected chi connectivity index (χ3v) is 4.40. The Hall–Kier alpha value is -2.48. The second-order valence-electron chi connectivity index (χ2n) is 6.42. The van der Waals surface area contributed by atoms with E-state index in [-0.39, 0.29) is 18.5 Å². The Morgan fingerprint density at radius 1 is 1.46 bits per heavy atom. The normalized spacial score (nSPS) is 17.1. The lowest BCUT2D eigenvalue weighted by Gasteiger charge is -2.25. The molecule has 1 atom stereocenters.